The fraction of sp³-hybridized carbons (Fsp3) is 0.500. The zero-order chi connectivity index (χ0) is 12.5. The van der Waals surface area contributed by atoms with Crippen molar-refractivity contribution in [1.29, 1.82) is 0 Å². The van der Waals surface area contributed by atoms with Crippen molar-refractivity contribution >= 4 is 5.91 Å². The standard InChI is InChI=1S/C12H15N3O3/c16-11-8-1-6-18-9(8)7-14-10(11)12(17)15-4-2-13-3-5-15/h7,13,16H,1-6H2. The van der Waals surface area contributed by atoms with E-state index in [1.807, 2.05) is 0 Å². The van der Waals surface area contributed by atoms with Crippen molar-refractivity contribution in [3.8, 4) is 11.5 Å². The van der Waals surface area contributed by atoms with Crippen LogP contribution in [0.25, 0.3) is 0 Å². The molecule has 1 saturated heterocycles. The number of carbonyl (C=O) groups excluding carboxylic acids is 1. The van der Waals surface area contributed by atoms with Crippen LogP contribution in [0.5, 0.6) is 11.5 Å². The molecule has 2 aliphatic heterocycles. The lowest BCUT2D eigenvalue weighted by molar-refractivity contribution is 0.0726. The molecule has 18 heavy (non-hydrogen) atoms. The van der Waals surface area contributed by atoms with E-state index in [2.05, 4.69) is 10.3 Å². The highest BCUT2D eigenvalue weighted by Gasteiger charge is 2.27. The Kier molecular flexibility index (Phi) is 2.79. The van der Waals surface area contributed by atoms with Crippen LogP contribution in [0.3, 0.4) is 0 Å². The molecule has 0 atom stereocenters. The number of nitrogens with one attached hydrogen (secondary N) is 1. The van der Waals surface area contributed by atoms with Crippen LogP contribution in [-0.2, 0) is 6.42 Å². The smallest absolute Gasteiger partial charge is 0.276 e. The fourth-order valence-corrected chi connectivity index (χ4v) is 2.33. The van der Waals surface area contributed by atoms with Gasteiger partial charge >= 0.3 is 0 Å². The van der Waals surface area contributed by atoms with Crippen LogP contribution >= 0.6 is 0 Å². The largest absolute Gasteiger partial charge is 0.505 e. The summed E-state index contributed by atoms with van der Waals surface area (Å²) in [5.74, 6) is 0.363. The first-order chi connectivity index (χ1) is 8.77. The van der Waals surface area contributed by atoms with Gasteiger partial charge in [-0.3, -0.25) is 4.79 Å². The van der Waals surface area contributed by atoms with E-state index in [4.69, 9.17) is 4.74 Å². The minimum atomic E-state index is -0.205. The molecule has 3 rings (SSSR count). The minimum absolute atomic E-state index is 0.0199. The van der Waals surface area contributed by atoms with Crippen molar-refractivity contribution < 1.29 is 14.6 Å². The van der Waals surface area contributed by atoms with Gasteiger partial charge in [0.2, 0.25) is 0 Å². The van der Waals surface area contributed by atoms with Gasteiger partial charge in [0, 0.05) is 38.2 Å². The van der Waals surface area contributed by atoms with Crippen LogP contribution in [0.4, 0.5) is 0 Å². The van der Waals surface area contributed by atoms with Gasteiger partial charge in [-0.2, -0.15) is 0 Å². The van der Waals surface area contributed by atoms with E-state index < -0.39 is 0 Å². The summed E-state index contributed by atoms with van der Waals surface area (Å²) < 4.78 is 5.30. The highest BCUT2D eigenvalue weighted by molar-refractivity contribution is 5.95. The van der Waals surface area contributed by atoms with Gasteiger partial charge in [-0.1, -0.05) is 0 Å². The van der Waals surface area contributed by atoms with Crippen molar-refractivity contribution in [2.45, 2.75) is 6.42 Å². The number of aromatic nitrogens is 1. The molecule has 0 bridgehead atoms. The van der Waals surface area contributed by atoms with E-state index in [1.165, 1.54) is 6.20 Å². The molecule has 3 heterocycles. The molecule has 2 N–H and O–H groups in total. The first kappa shape index (κ1) is 11.3. The average Bonchev–Trinajstić information content (AvgIpc) is 2.89. The van der Waals surface area contributed by atoms with Gasteiger partial charge in [0.15, 0.2) is 11.4 Å². The molecule has 96 valence electrons. The second kappa shape index (κ2) is 4.45. The quantitative estimate of drug-likeness (QED) is 0.719. The van der Waals surface area contributed by atoms with Crippen molar-refractivity contribution in [3.63, 3.8) is 0 Å². The third kappa shape index (κ3) is 1.78. The summed E-state index contributed by atoms with van der Waals surface area (Å²) in [6.45, 7) is 3.39. The number of hydrogen-bond donors (Lipinski definition) is 2. The van der Waals surface area contributed by atoms with E-state index in [1.54, 1.807) is 4.90 Å². The van der Waals surface area contributed by atoms with Crippen molar-refractivity contribution in [2.75, 3.05) is 32.8 Å². The van der Waals surface area contributed by atoms with E-state index >= 15 is 0 Å². The van der Waals surface area contributed by atoms with Crippen LogP contribution < -0.4 is 10.1 Å². The summed E-state index contributed by atoms with van der Waals surface area (Å²) in [7, 11) is 0. The number of ether oxygens (including phenoxy) is 1. The summed E-state index contributed by atoms with van der Waals surface area (Å²) in [6.07, 6.45) is 2.16. The lowest BCUT2D eigenvalue weighted by Gasteiger charge is -2.27. The molecule has 1 fully saturated rings. The number of fused-ring (bicyclic) bond motifs is 1. The number of piperazine rings is 1. The normalized spacial score (nSPS) is 18.3. The van der Waals surface area contributed by atoms with Crippen LogP contribution in [-0.4, -0.2) is 53.7 Å². The lowest BCUT2D eigenvalue weighted by Crippen LogP contribution is -2.46. The Balaban J connectivity index is 1.90. The van der Waals surface area contributed by atoms with Crippen molar-refractivity contribution in [3.05, 3.63) is 17.5 Å². The molecule has 0 radical (unpaired) electrons. The number of rotatable bonds is 1. The maximum Gasteiger partial charge on any atom is 0.276 e. The van der Waals surface area contributed by atoms with E-state index in [0.29, 0.717) is 37.4 Å². The first-order valence-electron chi connectivity index (χ1n) is 6.11. The molecule has 6 nitrogen and oxygen atoms in total. The highest BCUT2D eigenvalue weighted by Crippen LogP contribution is 2.34. The Bertz CT molecular complexity index is 484. The zero-order valence-electron chi connectivity index (χ0n) is 9.98. The molecule has 1 aromatic heterocycles. The number of aromatic hydroxyl groups is 1. The molecule has 0 aliphatic carbocycles. The van der Waals surface area contributed by atoms with Crippen molar-refractivity contribution in [2.24, 2.45) is 0 Å². The fourth-order valence-electron chi connectivity index (χ4n) is 2.33. The van der Waals surface area contributed by atoms with Crippen LogP contribution in [0.2, 0.25) is 0 Å². The average molecular weight is 249 g/mol. The van der Waals surface area contributed by atoms with Gasteiger partial charge in [-0.15, -0.1) is 0 Å². The minimum Gasteiger partial charge on any atom is -0.505 e. The Hall–Kier alpha value is -1.82. The first-order valence-corrected chi connectivity index (χ1v) is 6.11. The number of carbonyl (C=O) groups is 1. The Morgan fingerprint density at radius 3 is 3.00 bits per heavy atom. The molecule has 6 heteroatoms. The summed E-state index contributed by atoms with van der Waals surface area (Å²) in [5.41, 5.74) is 0.838. The van der Waals surface area contributed by atoms with Gasteiger partial charge in [-0.25, -0.2) is 4.98 Å². The van der Waals surface area contributed by atoms with Gasteiger partial charge in [0.05, 0.1) is 12.8 Å². The van der Waals surface area contributed by atoms with E-state index in [9.17, 15) is 9.90 Å². The van der Waals surface area contributed by atoms with Gasteiger partial charge in [-0.05, 0) is 0 Å². The number of hydrogen-bond acceptors (Lipinski definition) is 5. The molecule has 1 amide bonds. The third-order valence-electron chi connectivity index (χ3n) is 3.33. The highest BCUT2D eigenvalue weighted by atomic mass is 16.5. The van der Waals surface area contributed by atoms with Crippen molar-refractivity contribution in [1.82, 2.24) is 15.2 Å². The number of pyridine rings is 1. The zero-order valence-corrected chi connectivity index (χ0v) is 9.98. The molecule has 2 aliphatic rings. The molecule has 1 aromatic rings. The second-order valence-corrected chi connectivity index (χ2v) is 4.44. The predicted octanol–water partition coefficient (Wildman–Crippen LogP) is -0.233. The Morgan fingerprint density at radius 2 is 2.22 bits per heavy atom. The molecule has 0 saturated carbocycles. The number of amides is 1. The van der Waals surface area contributed by atoms with Crippen LogP contribution in [0, 0.1) is 0 Å². The molecular weight excluding hydrogens is 234 g/mol. The molecular formula is C12H15N3O3. The van der Waals surface area contributed by atoms with Gasteiger partial charge in [0.1, 0.15) is 5.75 Å². The Morgan fingerprint density at radius 1 is 1.44 bits per heavy atom. The van der Waals surface area contributed by atoms with E-state index in [0.717, 1.165) is 13.1 Å². The molecule has 0 unspecified atom stereocenters. The summed E-state index contributed by atoms with van der Waals surface area (Å²) in [5, 5.41) is 13.3. The maximum absolute atomic E-state index is 12.3. The van der Waals surface area contributed by atoms with Crippen LogP contribution in [0.1, 0.15) is 16.1 Å². The van der Waals surface area contributed by atoms with Gasteiger partial charge in [0.25, 0.3) is 5.91 Å². The topological polar surface area (TPSA) is 74.7 Å². The molecule has 0 spiro atoms. The molecule has 0 aromatic carbocycles. The van der Waals surface area contributed by atoms with Crippen LogP contribution in [0.15, 0.2) is 6.20 Å². The summed E-state index contributed by atoms with van der Waals surface area (Å²) in [4.78, 5) is 18.0. The van der Waals surface area contributed by atoms with Gasteiger partial charge < -0.3 is 20.1 Å². The lowest BCUT2D eigenvalue weighted by atomic mass is 10.1. The Labute approximate surface area is 105 Å². The number of nitrogens with zero attached hydrogens (tertiary/aromatic N) is 2. The third-order valence-corrected chi connectivity index (χ3v) is 3.33. The summed E-state index contributed by atoms with van der Waals surface area (Å²) in [6, 6.07) is 0. The van der Waals surface area contributed by atoms with E-state index in [-0.39, 0.29) is 17.4 Å². The second-order valence-electron chi connectivity index (χ2n) is 4.44. The maximum atomic E-state index is 12.3. The SMILES string of the molecule is O=C(c1ncc2c(c1O)CCO2)N1CCNCC1. The summed E-state index contributed by atoms with van der Waals surface area (Å²) >= 11 is 0. The monoisotopic (exact) mass is 249 g/mol. The predicted molar refractivity (Wildman–Crippen MR) is 63.9 cm³/mol.